The van der Waals surface area contributed by atoms with Gasteiger partial charge in [-0.1, -0.05) is 45.9 Å². The summed E-state index contributed by atoms with van der Waals surface area (Å²) in [5.41, 5.74) is 2.00. The van der Waals surface area contributed by atoms with E-state index in [0.29, 0.717) is 5.75 Å². The van der Waals surface area contributed by atoms with E-state index in [4.69, 9.17) is 14.5 Å². The SMILES string of the molecule is CC(C)c1cccc(C(C)C)c1OCOP(=O)(O)O.O.O.O.O.O.O.O.O.[Na+].[Na+].[Na+]. The third-order valence-electron chi connectivity index (χ3n) is 2.74. The monoisotopic (exact) mass is 501 g/mol. The molecule has 0 saturated heterocycles. The summed E-state index contributed by atoms with van der Waals surface area (Å²) in [6.07, 6.45) is 0. The van der Waals surface area contributed by atoms with E-state index >= 15 is 0 Å². The molecule has 30 heavy (non-hydrogen) atoms. The molecule has 0 amide bonds. The fourth-order valence-electron chi connectivity index (χ4n) is 1.80. The molecule has 0 heterocycles. The third-order valence-corrected chi connectivity index (χ3v) is 3.19. The zero-order valence-electron chi connectivity index (χ0n) is 18.7. The standard InChI is InChI=1S/C13H21O5P.3Na.8H2O/c1-9(2)11-6-5-7-12(10(3)4)13(11)17-8-18-19(14,15)16;;;;;;;;;;;/h5-7,9-10H,8H2,1-4H3,(H2,14,15,16);;;;8*1H2/q;3*+1;;;;;;;;. The topological polar surface area (TPSA) is 328 Å². The van der Waals surface area contributed by atoms with Crippen LogP contribution in [0.15, 0.2) is 18.2 Å². The van der Waals surface area contributed by atoms with Gasteiger partial charge in [0.2, 0.25) is 0 Å². The summed E-state index contributed by atoms with van der Waals surface area (Å²) in [6.45, 7) is 7.69. The van der Waals surface area contributed by atoms with Crippen LogP contribution in [0.4, 0.5) is 0 Å². The fourth-order valence-corrected chi connectivity index (χ4v) is 1.99. The van der Waals surface area contributed by atoms with Gasteiger partial charge < -0.3 is 58.3 Å². The van der Waals surface area contributed by atoms with Gasteiger partial charge in [0.15, 0.2) is 6.79 Å². The Morgan fingerprint density at radius 2 is 1.07 bits per heavy atom. The van der Waals surface area contributed by atoms with Crippen molar-refractivity contribution in [2.75, 3.05) is 6.79 Å². The quantitative estimate of drug-likeness (QED) is 0.217. The molecule has 0 aromatic heterocycles. The molecule has 0 unspecified atom stereocenters. The normalized spacial score (nSPS) is 7.73. The van der Waals surface area contributed by atoms with Crippen LogP contribution in [-0.2, 0) is 9.09 Å². The predicted molar refractivity (Wildman–Crippen MR) is 102 cm³/mol. The number of hydrogen-bond acceptors (Lipinski definition) is 3. The van der Waals surface area contributed by atoms with Crippen LogP contribution in [0.2, 0.25) is 0 Å². The van der Waals surface area contributed by atoms with Crippen molar-refractivity contribution in [1.82, 2.24) is 0 Å². The molecule has 18 N–H and O–H groups in total. The van der Waals surface area contributed by atoms with Crippen LogP contribution < -0.4 is 93.4 Å². The molecule has 0 aliphatic heterocycles. The molecule has 0 saturated carbocycles. The van der Waals surface area contributed by atoms with Crippen molar-refractivity contribution in [2.24, 2.45) is 0 Å². The van der Waals surface area contributed by atoms with Crippen molar-refractivity contribution in [1.29, 1.82) is 0 Å². The minimum atomic E-state index is -4.51. The van der Waals surface area contributed by atoms with E-state index in [2.05, 4.69) is 4.52 Å². The van der Waals surface area contributed by atoms with E-state index in [9.17, 15) is 4.57 Å². The van der Waals surface area contributed by atoms with E-state index in [0.717, 1.165) is 11.1 Å². The molecule has 0 radical (unpaired) electrons. The van der Waals surface area contributed by atoms with Crippen LogP contribution >= 0.6 is 7.82 Å². The minimum Gasteiger partial charge on any atom is -0.466 e. The van der Waals surface area contributed by atoms with E-state index in [-0.39, 0.29) is 144 Å². The number of phosphoric acid groups is 1. The van der Waals surface area contributed by atoms with E-state index < -0.39 is 14.6 Å². The van der Waals surface area contributed by atoms with Crippen LogP contribution in [0.3, 0.4) is 0 Å². The van der Waals surface area contributed by atoms with Gasteiger partial charge in [0.25, 0.3) is 0 Å². The van der Waals surface area contributed by atoms with E-state index in [1.54, 1.807) is 0 Å². The minimum absolute atomic E-state index is 0. The molecule has 172 valence electrons. The van der Waals surface area contributed by atoms with Crippen LogP contribution in [0.1, 0.15) is 50.7 Å². The molecule has 0 aliphatic rings. The van der Waals surface area contributed by atoms with Gasteiger partial charge in [-0.3, -0.25) is 0 Å². The van der Waals surface area contributed by atoms with Gasteiger partial charge in [0.1, 0.15) is 5.75 Å². The summed E-state index contributed by atoms with van der Waals surface area (Å²) >= 11 is 0. The molecule has 0 aliphatic carbocycles. The average Bonchev–Trinajstić information content (AvgIpc) is 2.26. The molecule has 0 fully saturated rings. The van der Waals surface area contributed by atoms with Gasteiger partial charge >= 0.3 is 96.5 Å². The maximum absolute atomic E-state index is 10.7. The average molecular weight is 501 g/mol. The number of para-hydroxylation sites is 1. The Morgan fingerprint density at radius 1 is 0.767 bits per heavy atom. The van der Waals surface area contributed by atoms with Crippen LogP contribution in [0.5, 0.6) is 5.75 Å². The second-order valence-corrected chi connectivity index (χ2v) is 6.20. The summed E-state index contributed by atoms with van der Waals surface area (Å²) in [5.74, 6) is 1.16. The Balaban J connectivity index is -0.0000000365. The number of rotatable bonds is 6. The first-order valence-corrected chi connectivity index (χ1v) is 7.71. The van der Waals surface area contributed by atoms with Gasteiger partial charge in [0, 0.05) is 0 Å². The largest absolute Gasteiger partial charge is 1.00 e. The van der Waals surface area contributed by atoms with Gasteiger partial charge in [-0.25, -0.2) is 9.09 Å². The molecule has 0 bridgehead atoms. The van der Waals surface area contributed by atoms with Crippen molar-refractivity contribution in [3.05, 3.63) is 29.3 Å². The van der Waals surface area contributed by atoms with Crippen molar-refractivity contribution in [2.45, 2.75) is 39.5 Å². The first kappa shape index (κ1) is 69.7. The number of phosphoric ester groups is 1. The molecular formula is C13H37Na3O13P+3. The van der Waals surface area contributed by atoms with Crippen LogP contribution in [-0.4, -0.2) is 60.4 Å². The fraction of sp³-hybridized carbons (Fsp3) is 0.538. The van der Waals surface area contributed by atoms with Crippen molar-refractivity contribution >= 4 is 7.82 Å². The Bertz CT molecular complexity index is 463. The number of hydrogen-bond donors (Lipinski definition) is 2. The summed E-state index contributed by atoms with van der Waals surface area (Å²) in [5, 5.41) is 0. The zero-order valence-corrected chi connectivity index (χ0v) is 25.6. The Kier molecular flexibility index (Phi) is 76.7. The molecular weight excluding hydrogens is 464 g/mol. The Morgan fingerprint density at radius 3 is 1.30 bits per heavy atom. The molecule has 17 heteroatoms. The second kappa shape index (κ2) is 33.0. The van der Waals surface area contributed by atoms with Crippen molar-refractivity contribution < 1.29 is 156 Å². The van der Waals surface area contributed by atoms with Gasteiger partial charge in [-0.05, 0) is 23.0 Å². The first-order valence-electron chi connectivity index (χ1n) is 6.18. The molecule has 1 aromatic carbocycles. The summed E-state index contributed by atoms with van der Waals surface area (Å²) in [6, 6.07) is 5.86. The number of ether oxygens (including phenoxy) is 1. The van der Waals surface area contributed by atoms with Gasteiger partial charge in [-0.2, -0.15) is 0 Å². The summed E-state index contributed by atoms with van der Waals surface area (Å²) < 4.78 is 20.5. The second-order valence-electron chi connectivity index (χ2n) is 4.96. The maximum atomic E-state index is 10.7. The molecule has 1 rings (SSSR count). The molecule has 0 atom stereocenters. The zero-order chi connectivity index (χ0) is 14.6. The van der Waals surface area contributed by atoms with E-state index in [1.165, 1.54) is 0 Å². The smallest absolute Gasteiger partial charge is 0.466 e. The number of benzene rings is 1. The van der Waals surface area contributed by atoms with Crippen LogP contribution in [0, 0.1) is 0 Å². The predicted octanol–water partition coefficient (Wildman–Crippen LogP) is -12.2. The van der Waals surface area contributed by atoms with Crippen molar-refractivity contribution in [3.8, 4) is 5.75 Å². The van der Waals surface area contributed by atoms with E-state index in [1.807, 2.05) is 45.9 Å². The third kappa shape index (κ3) is 26.1. The first-order chi connectivity index (χ1) is 8.72. The molecule has 1 aromatic rings. The summed E-state index contributed by atoms with van der Waals surface area (Å²) in [4.78, 5) is 17.3. The van der Waals surface area contributed by atoms with Gasteiger partial charge in [0.05, 0.1) is 0 Å². The van der Waals surface area contributed by atoms with Gasteiger partial charge in [-0.15, -0.1) is 0 Å². The molecule has 0 spiro atoms. The maximum Gasteiger partial charge on any atom is 1.00 e. The Labute approximate surface area is 242 Å². The molecule has 13 nitrogen and oxygen atoms in total. The van der Waals surface area contributed by atoms with Crippen LogP contribution in [0.25, 0.3) is 0 Å². The Hall–Kier alpha value is 1.81. The van der Waals surface area contributed by atoms with Crippen molar-refractivity contribution in [3.63, 3.8) is 0 Å². The summed E-state index contributed by atoms with van der Waals surface area (Å²) in [7, 11) is -4.51.